The van der Waals surface area contributed by atoms with Gasteiger partial charge in [0, 0.05) is 5.69 Å². The van der Waals surface area contributed by atoms with Crippen LogP contribution in [0.2, 0.25) is 0 Å². The van der Waals surface area contributed by atoms with Crippen LogP contribution in [0.3, 0.4) is 0 Å². The highest BCUT2D eigenvalue weighted by atomic mass is 15.0. The second-order valence-corrected chi connectivity index (χ2v) is 7.20. The largest absolute Gasteiger partial charge is 0.368 e. The van der Waals surface area contributed by atoms with Gasteiger partial charge in [-0.3, -0.25) is 0 Å². The summed E-state index contributed by atoms with van der Waals surface area (Å²) in [5.41, 5.74) is 7.44. The Bertz CT molecular complexity index is 1210. The van der Waals surface area contributed by atoms with Gasteiger partial charge in [-0.15, -0.1) is 0 Å². The van der Waals surface area contributed by atoms with Crippen LogP contribution in [-0.4, -0.2) is 5.54 Å². The normalized spacial score (nSPS) is 21.7. The fourth-order valence-electron chi connectivity index (χ4n) is 4.40. The Labute approximate surface area is 152 Å². The molecule has 6 rings (SSSR count). The minimum absolute atomic E-state index is 0.279. The third-order valence-corrected chi connectivity index (χ3v) is 5.69. The maximum Gasteiger partial charge on any atom is 0.101 e. The zero-order valence-corrected chi connectivity index (χ0v) is 14.2. The number of allylic oxidation sites excluding steroid dienone is 2. The van der Waals surface area contributed by atoms with Crippen LogP contribution in [-0.2, 0) is 0 Å². The molecule has 3 aliphatic rings. The van der Waals surface area contributed by atoms with Crippen molar-refractivity contribution in [3.05, 3.63) is 107 Å². The molecule has 0 amide bonds. The van der Waals surface area contributed by atoms with Crippen molar-refractivity contribution in [3.63, 3.8) is 0 Å². The van der Waals surface area contributed by atoms with Gasteiger partial charge in [0.1, 0.15) is 5.54 Å². The van der Waals surface area contributed by atoms with Crippen LogP contribution >= 0.6 is 0 Å². The molecule has 1 N–H and O–H groups in total. The zero-order valence-electron chi connectivity index (χ0n) is 14.2. The van der Waals surface area contributed by atoms with Gasteiger partial charge in [-0.25, -0.2) is 0 Å². The minimum atomic E-state index is -0.279. The SMILES string of the molecule is C1=CC2(C=Cc3cc4ccccc4cc3N2)C2=Cc3ccccc3C2=C1. The van der Waals surface area contributed by atoms with E-state index in [-0.39, 0.29) is 5.54 Å². The van der Waals surface area contributed by atoms with Crippen molar-refractivity contribution in [2.24, 2.45) is 0 Å². The summed E-state index contributed by atoms with van der Waals surface area (Å²) in [7, 11) is 0. The van der Waals surface area contributed by atoms with Gasteiger partial charge in [-0.1, -0.05) is 78.9 Å². The van der Waals surface area contributed by atoms with E-state index in [1.165, 1.54) is 44.3 Å². The van der Waals surface area contributed by atoms with Gasteiger partial charge in [0.05, 0.1) is 0 Å². The molecule has 0 fully saturated rings. The van der Waals surface area contributed by atoms with E-state index in [1.807, 2.05) is 0 Å². The van der Waals surface area contributed by atoms with Crippen molar-refractivity contribution in [2.45, 2.75) is 5.54 Å². The Morgan fingerprint density at radius 1 is 0.769 bits per heavy atom. The molecule has 0 radical (unpaired) electrons. The fourth-order valence-corrected chi connectivity index (χ4v) is 4.40. The first kappa shape index (κ1) is 13.9. The van der Waals surface area contributed by atoms with Gasteiger partial charge in [0.25, 0.3) is 0 Å². The van der Waals surface area contributed by atoms with Crippen LogP contribution in [0.1, 0.15) is 16.7 Å². The third-order valence-electron chi connectivity index (χ3n) is 5.69. The summed E-state index contributed by atoms with van der Waals surface area (Å²) in [4.78, 5) is 0. The van der Waals surface area contributed by atoms with Crippen LogP contribution in [0.4, 0.5) is 5.69 Å². The molecule has 3 aromatic rings. The standard InChI is InChI=1S/C25H17N/c1-2-7-18-16-24-20(14-17(18)6-1)11-13-25(26-24)12-5-10-22-21-9-4-3-8-19(21)15-23(22)25/h1-16,26H. The fraction of sp³-hybridized carbons (Fsp3) is 0.0400. The number of fused-ring (bicyclic) bond motifs is 6. The van der Waals surface area contributed by atoms with E-state index in [9.17, 15) is 0 Å². The van der Waals surface area contributed by atoms with Crippen LogP contribution in [0.5, 0.6) is 0 Å². The van der Waals surface area contributed by atoms with Gasteiger partial charge in [-0.2, -0.15) is 0 Å². The molecule has 2 aliphatic carbocycles. The Morgan fingerprint density at radius 2 is 1.58 bits per heavy atom. The smallest absolute Gasteiger partial charge is 0.101 e. The maximum absolute atomic E-state index is 3.83. The van der Waals surface area contributed by atoms with Gasteiger partial charge in [-0.05, 0) is 56.8 Å². The number of nitrogens with one attached hydrogen (secondary N) is 1. The van der Waals surface area contributed by atoms with E-state index >= 15 is 0 Å². The average molecular weight is 331 g/mol. The third kappa shape index (κ3) is 1.80. The van der Waals surface area contributed by atoms with Gasteiger partial charge >= 0.3 is 0 Å². The molecule has 1 unspecified atom stereocenters. The predicted molar refractivity (Wildman–Crippen MR) is 111 cm³/mol. The number of anilines is 1. The summed E-state index contributed by atoms with van der Waals surface area (Å²) >= 11 is 0. The molecule has 0 saturated carbocycles. The molecule has 1 aliphatic heterocycles. The molecule has 0 bridgehead atoms. The highest BCUT2D eigenvalue weighted by Crippen LogP contribution is 2.47. The van der Waals surface area contributed by atoms with Gasteiger partial charge < -0.3 is 5.32 Å². The summed E-state index contributed by atoms with van der Waals surface area (Å²) in [5, 5.41) is 6.37. The average Bonchev–Trinajstić information content (AvgIpc) is 3.07. The van der Waals surface area contributed by atoms with Crippen molar-refractivity contribution in [1.29, 1.82) is 0 Å². The first-order chi connectivity index (χ1) is 12.8. The molecule has 122 valence electrons. The van der Waals surface area contributed by atoms with Gasteiger partial charge in [0.15, 0.2) is 0 Å². The molecule has 1 spiro atoms. The minimum Gasteiger partial charge on any atom is -0.368 e. The summed E-state index contributed by atoms with van der Waals surface area (Å²) < 4.78 is 0. The van der Waals surface area contributed by atoms with E-state index in [0.717, 1.165) is 0 Å². The summed E-state index contributed by atoms with van der Waals surface area (Å²) in [6.45, 7) is 0. The molecular formula is C25H17N. The summed E-state index contributed by atoms with van der Waals surface area (Å²) in [6, 6.07) is 21.7. The van der Waals surface area contributed by atoms with Crippen LogP contribution in [0.15, 0.2) is 90.5 Å². The molecule has 26 heavy (non-hydrogen) atoms. The van der Waals surface area contributed by atoms with Crippen LogP contribution < -0.4 is 5.32 Å². The molecule has 1 heteroatoms. The van der Waals surface area contributed by atoms with E-state index in [4.69, 9.17) is 0 Å². The number of rotatable bonds is 0. The molecule has 0 saturated heterocycles. The van der Waals surface area contributed by atoms with Crippen LogP contribution in [0.25, 0.3) is 28.5 Å². The first-order valence-electron chi connectivity index (χ1n) is 9.04. The number of hydrogen-bond acceptors (Lipinski definition) is 1. The molecule has 1 nitrogen and oxygen atoms in total. The number of hydrogen-bond donors (Lipinski definition) is 1. The molecule has 3 aromatic carbocycles. The Hall–Kier alpha value is -3.32. The Kier molecular flexibility index (Phi) is 2.60. The van der Waals surface area contributed by atoms with Crippen LogP contribution in [0, 0.1) is 0 Å². The highest BCUT2D eigenvalue weighted by molar-refractivity contribution is 6.01. The molecular weight excluding hydrogens is 314 g/mol. The lowest BCUT2D eigenvalue weighted by Crippen LogP contribution is -2.38. The van der Waals surface area contributed by atoms with Crippen molar-refractivity contribution in [2.75, 3.05) is 5.32 Å². The van der Waals surface area contributed by atoms with E-state index in [1.54, 1.807) is 0 Å². The molecule has 1 heterocycles. The second kappa shape index (κ2) is 4.86. The van der Waals surface area contributed by atoms with Crippen molar-refractivity contribution >= 4 is 34.2 Å². The van der Waals surface area contributed by atoms with E-state index in [2.05, 4.69) is 102 Å². The zero-order chi connectivity index (χ0) is 17.1. The quantitative estimate of drug-likeness (QED) is 0.527. The Balaban J connectivity index is 1.51. The van der Waals surface area contributed by atoms with E-state index < -0.39 is 0 Å². The maximum atomic E-state index is 3.83. The molecule has 0 aromatic heterocycles. The number of benzene rings is 3. The highest BCUT2D eigenvalue weighted by Gasteiger charge is 2.38. The Morgan fingerprint density at radius 3 is 2.50 bits per heavy atom. The monoisotopic (exact) mass is 331 g/mol. The lowest BCUT2D eigenvalue weighted by Gasteiger charge is -2.37. The van der Waals surface area contributed by atoms with Crippen molar-refractivity contribution in [1.82, 2.24) is 0 Å². The second-order valence-electron chi connectivity index (χ2n) is 7.20. The lowest BCUT2D eigenvalue weighted by molar-refractivity contribution is 0.859. The van der Waals surface area contributed by atoms with Crippen molar-refractivity contribution < 1.29 is 0 Å². The topological polar surface area (TPSA) is 12.0 Å². The van der Waals surface area contributed by atoms with Gasteiger partial charge in [0.2, 0.25) is 0 Å². The molecule has 1 atom stereocenters. The van der Waals surface area contributed by atoms with Crippen molar-refractivity contribution in [3.8, 4) is 0 Å². The lowest BCUT2D eigenvalue weighted by atomic mass is 9.79. The summed E-state index contributed by atoms with van der Waals surface area (Å²) in [6.07, 6.45) is 13.6. The first-order valence-corrected chi connectivity index (χ1v) is 9.04. The summed E-state index contributed by atoms with van der Waals surface area (Å²) in [5.74, 6) is 0. The van der Waals surface area contributed by atoms with E-state index in [0.29, 0.717) is 0 Å². The predicted octanol–water partition coefficient (Wildman–Crippen LogP) is 6.07.